The number of carbonyl (C=O) groups excluding carboxylic acids is 2. The molecule has 202 valence electrons. The van der Waals surface area contributed by atoms with Crippen LogP contribution < -0.4 is 10.6 Å². The minimum atomic E-state index is -0.402. The summed E-state index contributed by atoms with van der Waals surface area (Å²) in [4.78, 5) is 28.1. The van der Waals surface area contributed by atoms with Gasteiger partial charge in [0, 0.05) is 28.2 Å². The first-order valence-corrected chi connectivity index (χ1v) is 13.8. The lowest BCUT2D eigenvalue weighted by molar-refractivity contribution is -0.116. The Morgan fingerprint density at radius 2 is 1.67 bits per heavy atom. The average molecular weight is 629 g/mol. The summed E-state index contributed by atoms with van der Waals surface area (Å²) >= 11 is 15.8. The molecule has 0 unspecified atom stereocenters. The number of amides is 3. The maximum atomic E-state index is 13.4. The zero-order valence-corrected chi connectivity index (χ0v) is 24.8. The highest BCUT2D eigenvalue weighted by Gasteiger charge is 2.24. The molecule has 1 aromatic heterocycles. The smallest absolute Gasteiger partial charge is 0.311 e. The van der Waals surface area contributed by atoms with Crippen molar-refractivity contribution in [3.63, 3.8) is 0 Å². The van der Waals surface area contributed by atoms with Gasteiger partial charge in [-0.2, -0.15) is 5.10 Å². The predicted molar refractivity (Wildman–Crippen MR) is 161 cm³/mol. The second-order valence-electron chi connectivity index (χ2n) is 10.0. The Morgan fingerprint density at radius 1 is 0.923 bits per heavy atom. The van der Waals surface area contributed by atoms with Crippen LogP contribution in [0.1, 0.15) is 32.0 Å². The highest BCUT2D eigenvalue weighted by atomic mass is 79.9. The van der Waals surface area contributed by atoms with Crippen LogP contribution in [0.3, 0.4) is 0 Å². The molecule has 1 heterocycles. The summed E-state index contributed by atoms with van der Waals surface area (Å²) in [6.45, 7) is 6.16. The van der Waals surface area contributed by atoms with Crippen molar-refractivity contribution in [3.05, 3.63) is 105 Å². The lowest BCUT2D eigenvalue weighted by Gasteiger charge is -2.23. The van der Waals surface area contributed by atoms with Crippen molar-refractivity contribution in [1.82, 2.24) is 14.7 Å². The number of urea groups is 1. The SMILES string of the molecule is CC(C)(C)c1cc(NC(=O)CN(Cc2ccccc2)C(=O)Nc2cccc(Br)c2)n(-c2ccc(Cl)c(Cl)c2)n1. The fourth-order valence-corrected chi connectivity index (χ4v) is 4.47. The van der Waals surface area contributed by atoms with Crippen LogP contribution >= 0.6 is 39.1 Å². The van der Waals surface area contributed by atoms with Gasteiger partial charge >= 0.3 is 6.03 Å². The molecule has 4 rings (SSSR count). The fraction of sp³-hybridized carbons (Fsp3) is 0.207. The monoisotopic (exact) mass is 627 g/mol. The lowest BCUT2D eigenvalue weighted by Crippen LogP contribution is -2.40. The van der Waals surface area contributed by atoms with Crippen molar-refractivity contribution in [3.8, 4) is 5.69 Å². The van der Waals surface area contributed by atoms with Crippen molar-refractivity contribution in [1.29, 1.82) is 0 Å². The van der Waals surface area contributed by atoms with Crippen molar-refractivity contribution in [2.45, 2.75) is 32.7 Å². The molecule has 2 N–H and O–H groups in total. The number of halogens is 3. The number of hydrogen-bond acceptors (Lipinski definition) is 3. The van der Waals surface area contributed by atoms with Crippen LogP contribution in [0.4, 0.5) is 16.3 Å². The number of carbonyl (C=O) groups is 2. The minimum absolute atomic E-state index is 0.188. The molecular weight excluding hydrogens is 601 g/mol. The van der Waals surface area contributed by atoms with Gasteiger partial charge in [0.05, 0.1) is 21.4 Å². The lowest BCUT2D eigenvalue weighted by atomic mass is 9.92. The minimum Gasteiger partial charge on any atom is -0.311 e. The van der Waals surface area contributed by atoms with Crippen molar-refractivity contribution in [2.75, 3.05) is 17.2 Å². The second kappa shape index (κ2) is 12.2. The summed E-state index contributed by atoms with van der Waals surface area (Å²) in [7, 11) is 0. The fourth-order valence-electron chi connectivity index (χ4n) is 3.78. The van der Waals surface area contributed by atoms with E-state index in [0.717, 1.165) is 15.7 Å². The Hall–Kier alpha value is -3.33. The summed E-state index contributed by atoms with van der Waals surface area (Å²) in [5.41, 5.74) is 2.65. The molecule has 0 bridgehead atoms. The molecule has 3 amide bonds. The Labute approximate surface area is 246 Å². The van der Waals surface area contributed by atoms with E-state index in [4.69, 9.17) is 28.3 Å². The molecule has 0 atom stereocenters. The standard InChI is InChI=1S/C29H28BrCl2N5O2/c1-29(2,3)25-16-26(37(35-25)22-12-13-23(31)24(32)15-22)34-27(38)18-36(17-19-8-5-4-6-9-19)28(39)33-21-11-7-10-20(30)14-21/h4-16H,17-18H2,1-3H3,(H,33,39)(H,34,38). The molecule has 10 heteroatoms. The average Bonchev–Trinajstić information content (AvgIpc) is 3.30. The highest BCUT2D eigenvalue weighted by molar-refractivity contribution is 9.10. The molecule has 0 aliphatic carbocycles. The third-order valence-electron chi connectivity index (χ3n) is 5.81. The van der Waals surface area contributed by atoms with E-state index in [9.17, 15) is 9.59 Å². The van der Waals surface area contributed by atoms with Crippen LogP contribution in [0.25, 0.3) is 5.69 Å². The van der Waals surface area contributed by atoms with E-state index in [2.05, 4.69) is 26.6 Å². The zero-order valence-electron chi connectivity index (χ0n) is 21.7. The molecule has 7 nitrogen and oxygen atoms in total. The molecule has 4 aromatic rings. The summed E-state index contributed by atoms with van der Waals surface area (Å²) < 4.78 is 2.45. The molecule has 0 saturated carbocycles. The van der Waals surface area contributed by atoms with Crippen molar-refractivity contribution >= 4 is 62.6 Å². The molecule has 0 saturated heterocycles. The van der Waals surface area contributed by atoms with E-state index in [-0.39, 0.29) is 24.4 Å². The van der Waals surface area contributed by atoms with E-state index >= 15 is 0 Å². The van der Waals surface area contributed by atoms with E-state index in [1.54, 1.807) is 35.0 Å². The quantitative estimate of drug-likeness (QED) is 0.218. The highest BCUT2D eigenvalue weighted by Crippen LogP contribution is 2.29. The van der Waals surface area contributed by atoms with Crippen LogP contribution in [0.15, 0.2) is 83.3 Å². The maximum Gasteiger partial charge on any atom is 0.322 e. The number of aromatic nitrogens is 2. The van der Waals surface area contributed by atoms with Crippen LogP contribution in [0, 0.1) is 0 Å². The molecule has 0 aliphatic heterocycles. The molecule has 3 aromatic carbocycles. The third kappa shape index (κ3) is 7.62. The first-order valence-electron chi connectivity index (χ1n) is 12.2. The number of nitrogens with one attached hydrogen (secondary N) is 2. The topological polar surface area (TPSA) is 79.3 Å². The molecule has 0 aliphatic rings. The summed E-state index contributed by atoms with van der Waals surface area (Å²) in [6.07, 6.45) is 0. The van der Waals surface area contributed by atoms with Crippen LogP contribution in [0.2, 0.25) is 10.0 Å². The first-order chi connectivity index (χ1) is 18.5. The number of anilines is 2. The Morgan fingerprint density at radius 3 is 2.33 bits per heavy atom. The van der Waals surface area contributed by atoms with Crippen molar-refractivity contribution < 1.29 is 9.59 Å². The van der Waals surface area contributed by atoms with Gasteiger partial charge in [0.1, 0.15) is 12.4 Å². The van der Waals surface area contributed by atoms with Crippen LogP contribution in [-0.4, -0.2) is 33.2 Å². The first kappa shape index (κ1) is 28.7. The molecule has 39 heavy (non-hydrogen) atoms. The number of rotatable bonds is 7. The summed E-state index contributed by atoms with van der Waals surface area (Å²) in [5, 5.41) is 11.3. The van der Waals surface area contributed by atoms with E-state index in [1.807, 2.05) is 69.3 Å². The van der Waals surface area contributed by atoms with Gasteiger partial charge in [0.25, 0.3) is 0 Å². The van der Waals surface area contributed by atoms with Gasteiger partial charge in [-0.3, -0.25) is 4.79 Å². The van der Waals surface area contributed by atoms with E-state index < -0.39 is 6.03 Å². The second-order valence-corrected chi connectivity index (χ2v) is 11.7. The van der Waals surface area contributed by atoms with Crippen LogP contribution in [0.5, 0.6) is 0 Å². The number of hydrogen-bond donors (Lipinski definition) is 2. The van der Waals surface area contributed by atoms with Gasteiger partial charge in [-0.1, -0.05) is 96.3 Å². The van der Waals surface area contributed by atoms with E-state index in [0.29, 0.717) is 27.2 Å². The van der Waals surface area contributed by atoms with Gasteiger partial charge < -0.3 is 15.5 Å². The van der Waals surface area contributed by atoms with E-state index in [1.165, 1.54) is 4.90 Å². The van der Waals surface area contributed by atoms with Crippen molar-refractivity contribution in [2.24, 2.45) is 0 Å². The number of nitrogens with zero attached hydrogens (tertiary/aromatic N) is 3. The van der Waals surface area contributed by atoms with Gasteiger partial charge in [-0.05, 0) is 42.0 Å². The Bertz CT molecular complexity index is 1480. The Kier molecular flexibility index (Phi) is 9.00. The summed E-state index contributed by atoms with van der Waals surface area (Å²) in [6, 6.07) is 23.3. The summed E-state index contributed by atoms with van der Waals surface area (Å²) in [5.74, 6) is 0.0763. The van der Waals surface area contributed by atoms with Crippen LogP contribution in [-0.2, 0) is 16.8 Å². The molecular formula is C29H28BrCl2N5O2. The molecule has 0 spiro atoms. The van der Waals surface area contributed by atoms with Gasteiger partial charge in [0.15, 0.2) is 0 Å². The predicted octanol–water partition coefficient (Wildman–Crippen LogP) is 7.91. The third-order valence-corrected chi connectivity index (χ3v) is 7.04. The maximum absolute atomic E-state index is 13.4. The number of benzene rings is 3. The van der Waals surface area contributed by atoms with Gasteiger partial charge in [0.2, 0.25) is 5.91 Å². The Balaban J connectivity index is 1.59. The van der Waals surface area contributed by atoms with Gasteiger partial charge in [-0.25, -0.2) is 9.48 Å². The normalized spacial score (nSPS) is 11.2. The molecule has 0 fully saturated rings. The largest absolute Gasteiger partial charge is 0.322 e. The zero-order chi connectivity index (χ0) is 28.2. The molecule has 0 radical (unpaired) electrons. The van der Waals surface area contributed by atoms with Gasteiger partial charge in [-0.15, -0.1) is 0 Å².